The largest absolute Gasteiger partial charge is 0.322 e. The van der Waals surface area contributed by atoms with Crippen LogP contribution in [0.5, 0.6) is 0 Å². The topological polar surface area (TPSA) is 29.1 Å². The first-order valence-electron chi connectivity index (χ1n) is 6.93. The Labute approximate surface area is 134 Å². The van der Waals surface area contributed by atoms with Crippen LogP contribution in [0, 0.1) is 6.92 Å². The zero-order valence-electron chi connectivity index (χ0n) is 12.2. The fourth-order valence-corrected chi connectivity index (χ4v) is 2.57. The molecule has 0 fully saturated rings. The van der Waals surface area contributed by atoms with Gasteiger partial charge in [-0.3, -0.25) is 4.79 Å². The number of halogens is 1. The molecule has 3 heteroatoms. The van der Waals surface area contributed by atoms with Crippen molar-refractivity contribution >= 4 is 33.6 Å². The quantitative estimate of drug-likeness (QED) is 0.780. The second kappa shape index (κ2) is 7.23. The zero-order valence-corrected chi connectivity index (χ0v) is 13.8. The van der Waals surface area contributed by atoms with Crippen molar-refractivity contribution in [1.82, 2.24) is 0 Å². The predicted octanol–water partition coefficient (Wildman–Crippen LogP) is 4.97. The molecule has 108 valence electrons. The van der Waals surface area contributed by atoms with Crippen molar-refractivity contribution in [3.05, 3.63) is 69.7 Å². The molecule has 1 N–H and O–H groups in total. The molecule has 0 bridgehead atoms. The van der Waals surface area contributed by atoms with Crippen LogP contribution in [-0.4, -0.2) is 5.91 Å². The average Bonchev–Trinajstić information content (AvgIpc) is 2.47. The summed E-state index contributed by atoms with van der Waals surface area (Å²) in [7, 11) is 0. The Morgan fingerprint density at radius 1 is 1.24 bits per heavy atom. The van der Waals surface area contributed by atoms with Crippen molar-refractivity contribution in [2.75, 3.05) is 5.32 Å². The number of carbonyl (C=O) groups is 1. The van der Waals surface area contributed by atoms with Gasteiger partial charge in [0.05, 0.1) is 0 Å². The summed E-state index contributed by atoms with van der Waals surface area (Å²) in [6.07, 6.45) is 4.27. The van der Waals surface area contributed by atoms with Crippen molar-refractivity contribution in [3.8, 4) is 0 Å². The number of rotatable bonds is 4. The van der Waals surface area contributed by atoms with E-state index in [1.165, 1.54) is 0 Å². The highest BCUT2D eigenvalue weighted by Crippen LogP contribution is 2.21. The molecule has 0 spiro atoms. The van der Waals surface area contributed by atoms with Gasteiger partial charge >= 0.3 is 0 Å². The van der Waals surface area contributed by atoms with E-state index in [4.69, 9.17) is 0 Å². The minimum Gasteiger partial charge on any atom is -0.322 e. The van der Waals surface area contributed by atoms with Crippen molar-refractivity contribution < 1.29 is 4.79 Å². The zero-order chi connectivity index (χ0) is 15.2. The minimum absolute atomic E-state index is 0.112. The maximum atomic E-state index is 12.1. The van der Waals surface area contributed by atoms with Crippen LogP contribution in [0.3, 0.4) is 0 Å². The summed E-state index contributed by atoms with van der Waals surface area (Å²) in [5, 5.41) is 2.98. The lowest BCUT2D eigenvalue weighted by atomic mass is 10.1. The monoisotopic (exact) mass is 343 g/mol. The Balaban J connectivity index is 2.12. The summed E-state index contributed by atoms with van der Waals surface area (Å²) in [4.78, 5) is 12.1. The smallest absolute Gasteiger partial charge is 0.248 e. The van der Waals surface area contributed by atoms with Gasteiger partial charge in [0, 0.05) is 16.2 Å². The van der Waals surface area contributed by atoms with Crippen LogP contribution >= 0.6 is 15.9 Å². The van der Waals surface area contributed by atoms with Crippen LogP contribution in [0.15, 0.2) is 53.0 Å². The molecule has 0 atom stereocenters. The number of amides is 1. The molecule has 2 aromatic carbocycles. The summed E-state index contributed by atoms with van der Waals surface area (Å²) in [5.41, 5.74) is 4.14. The van der Waals surface area contributed by atoms with Crippen LogP contribution in [0.4, 0.5) is 5.69 Å². The fourth-order valence-electron chi connectivity index (χ4n) is 2.15. The molecule has 0 radical (unpaired) electrons. The van der Waals surface area contributed by atoms with Gasteiger partial charge in [0.2, 0.25) is 5.91 Å². The maximum Gasteiger partial charge on any atom is 0.248 e. The highest BCUT2D eigenvalue weighted by atomic mass is 79.9. The molecule has 2 aromatic rings. The third-order valence-corrected chi connectivity index (χ3v) is 3.76. The lowest BCUT2D eigenvalue weighted by Crippen LogP contribution is -2.11. The number of hydrogen-bond acceptors (Lipinski definition) is 1. The second-order valence-electron chi connectivity index (χ2n) is 4.84. The van der Waals surface area contributed by atoms with Crippen molar-refractivity contribution in [3.63, 3.8) is 0 Å². The van der Waals surface area contributed by atoms with Gasteiger partial charge in [-0.15, -0.1) is 0 Å². The van der Waals surface area contributed by atoms with Gasteiger partial charge in [0.15, 0.2) is 0 Å². The van der Waals surface area contributed by atoms with Gasteiger partial charge < -0.3 is 5.32 Å². The summed E-state index contributed by atoms with van der Waals surface area (Å²) in [6.45, 7) is 4.09. The normalized spacial score (nSPS) is 10.8. The third kappa shape index (κ3) is 4.30. The Morgan fingerprint density at radius 2 is 2.00 bits per heavy atom. The average molecular weight is 344 g/mol. The van der Waals surface area contributed by atoms with E-state index in [0.29, 0.717) is 0 Å². The summed E-state index contributed by atoms with van der Waals surface area (Å²) in [6, 6.07) is 13.9. The number of anilines is 1. The molecule has 2 nitrogen and oxygen atoms in total. The Kier molecular flexibility index (Phi) is 5.34. The van der Waals surface area contributed by atoms with Crippen LogP contribution in [0.25, 0.3) is 6.08 Å². The highest BCUT2D eigenvalue weighted by molar-refractivity contribution is 9.10. The van der Waals surface area contributed by atoms with Crippen molar-refractivity contribution in [2.45, 2.75) is 20.3 Å². The van der Waals surface area contributed by atoms with Crippen LogP contribution < -0.4 is 5.32 Å². The lowest BCUT2D eigenvalue weighted by molar-refractivity contribution is -0.111. The lowest BCUT2D eigenvalue weighted by Gasteiger charge is -2.11. The molecule has 2 rings (SSSR count). The van der Waals surface area contributed by atoms with E-state index in [0.717, 1.165) is 33.3 Å². The molecule has 0 saturated heterocycles. The Bertz CT molecular complexity index is 677. The van der Waals surface area contributed by atoms with Crippen molar-refractivity contribution in [1.29, 1.82) is 0 Å². The van der Waals surface area contributed by atoms with E-state index in [2.05, 4.69) is 28.2 Å². The van der Waals surface area contributed by atoms with Gasteiger partial charge in [-0.2, -0.15) is 0 Å². The van der Waals surface area contributed by atoms with Crippen molar-refractivity contribution in [2.24, 2.45) is 0 Å². The maximum absolute atomic E-state index is 12.1. The SMILES string of the molecule is CCc1cccc(C)c1NC(=O)/C=C/c1cccc(Br)c1. The van der Waals surface area contributed by atoms with E-state index >= 15 is 0 Å². The fraction of sp³-hybridized carbons (Fsp3) is 0.167. The molecule has 0 aliphatic rings. The van der Waals surface area contributed by atoms with E-state index in [1.807, 2.05) is 55.5 Å². The summed E-state index contributed by atoms with van der Waals surface area (Å²) < 4.78 is 0.997. The first-order chi connectivity index (χ1) is 10.1. The first kappa shape index (κ1) is 15.5. The molecule has 0 unspecified atom stereocenters. The standard InChI is InChI=1S/C18H18BrNO/c1-3-15-8-4-6-13(2)18(15)20-17(21)11-10-14-7-5-9-16(19)12-14/h4-12H,3H2,1-2H3,(H,20,21)/b11-10+. The molecule has 0 aromatic heterocycles. The molecule has 0 heterocycles. The van der Waals surface area contributed by atoms with E-state index in [1.54, 1.807) is 6.08 Å². The number of hydrogen-bond donors (Lipinski definition) is 1. The summed E-state index contributed by atoms with van der Waals surface area (Å²) in [5.74, 6) is -0.112. The number of benzene rings is 2. The second-order valence-corrected chi connectivity index (χ2v) is 5.76. The van der Waals surface area contributed by atoms with Gasteiger partial charge in [0.1, 0.15) is 0 Å². The van der Waals surface area contributed by atoms with Crippen LogP contribution in [0.1, 0.15) is 23.6 Å². The van der Waals surface area contributed by atoms with Gasteiger partial charge in [-0.25, -0.2) is 0 Å². The number of para-hydroxylation sites is 1. The van der Waals surface area contributed by atoms with Gasteiger partial charge in [0.25, 0.3) is 0 Å². The first-order valence-corrected chi connectivity index (χ1v) is 7.72. The van der Waals surface area contributed by atoms with Crippen LogP contribution in [-0.2, 0) is 11.2 Å². The molecule has 0 aliphatic heterocycles. The van der Waals surface area contributed by atoms with E-state index < -0.39 is 0 Å². The molecular weight excluding hydrogens is 326 g/mol. The highest BCUT2D eigenvalue weighted by Gasteiger charge is 2.06. The Morgan fingerprint density at radius 3 is 2.71 bits per heavy atom. The third-order valence-electron chi connectivity index (χ3n) is 3.26. The van der Waals surface area contributed by atoms with E-state index in [9.17, 15) is 4.79 Å². The van der Waals surface area contributed by atoms with Gasteiger partial charge in [-0.05, 0) is 48.2 Å². The molecule has 0 aliphatic carbocycles. The number of carbonyl (C=O) groups excluding carboxylic acids is 1. The molecule has 1 amide bonds. The van der Waals surface area contributed by atoms with Crippen LogP contribution in [0.2, 0.25) is 0 Å². The number of nitrogens with one attached hydrogen (secondary N) is 1. The molecule has 21 heavy (non-hydrogen) atoms. The van der Waals surface area contributed by atoms with Gasteiger partial charge in [-0.1, -0.05) is 53.2 Å². The predicted molar refractivity (Wildman–Crippen MR) is 92.4 cm³/mol. The number of aryl methyl sites for hydroxylation is 2. The Hall–Kier alpha value is -1.87. The summed E-state index contributed by atoms with van der Waals surface area (Å²) >= 11 is 3.42. The minimum atomic E-state index is -0.112. The van der Waals surface area contributed by atoms with E-state index in [-0.39, 0.29) is 5.91 Å². The molecular formula is C18H18BrNO. The molecule has 0 saturated carbocycles.